The van der Waals surface area contributed by atoms with E-state index in [1.54, 1.807) is 4.90 Å². The summed E-state index contributed by atoms with van der Waals surface area (Å²) in [6.45, 7) is 1.14. The molecule has 0 aliphatic carbocycles. The van der Waals surface area contributed by atoms with Crippen molar-refractivity contribution in [1.82, 2.24) is 9.21 Å². The van der Waals surface area contributed by atoms with Crippen LogP contribution in [0.15, 0.2) is 30.3 Å². The highest BCUT2D eigenvalue weighted by molar-refractivity contribution is 7.86. The molecule has 1 aliphatic heterocycles. The van der Waals surface area contributed by atoms with E-state index in [0.717, 1.165) is 5.56 Å². The highest BCUT2D eigenvalue weighted by atomic mass is 32.2. The highest BCUT2D eigenvalue weighted by Crippen LogP contribution is 2.15. The van der Waals surface area contributed by atoms with Gasteiger partial charge in [0.25, 0.3) is 10.2 Å². The zero-order valence-corrected chi connectivity index (χ0v) is 12.5. The second-order valence-corrected chi connectivity index (χ2v) is 6.59. The molecule has 0 radical (unpaired) electrons. The Kier molecular flexibility index (Phi) is 4.94. The van der Waals surface area contributed by atoms with Crippen molar-refractivity contribution in [3.8, 4) is 0 Å². The molecule has 0 spiro atoms. The minimum absolute atomic E-state index is 0.0691. The van der Waals surface area contributed by atoms with Gasteiger partial charge < -0.3 is 10.6 Å². The lowest BCUT2D eigenvalue weighted by Crippen LogP contribution is -2.52. The van der Waals surface area contributed by atoms with Crippen LogP contribution in [0.5, 0.6) is 0 Å². The average molecular weight is 312 g/mol. The zero-order valence-electron chi connectivity index (χ0n) is 11.7. The van der Waals surface area contributed by atoms with Crippen molar-refractivity contribution < 1.29 is 13.2 Å². The van der Waals surface area contributed by atoms with Crippen molar-refractivity contribution in [3.63, 3.8) is 0 Å². The number of nitrogens with two attached hydrogens (primary N) is 2. The van der Waals surface area contributed by atoms with Gasteiger partial charge in [-0.2, -0.15) is 12.7 Å². The summed E-state index contributed by atoms with van der Waals surface area (Å²) >= 11 is 0. The van der Waals surface area contributed by atoms with E-state index in [9.17, 15) is 13.2 Å². The van der Waals surface area contributed by atoms with Crippen molar-refractivity contribution in [1.29, 1.82) is 0 Å². The fourth-order valence-electron chi connectivity index (χ4n) is 2.33. The lowest BCUT2D eigenvalue weighted by Gasteiger charge is -2.33. The second kappa shape index (κ2) is 6.52. The Morgan fingerprint density at radius 1 is 1.14 bits per heavy atom. The van der Waals surface area contributed by atoms with Crippen molar-refractivity contribution in [2.24, 2.45) is 10.9 Å². The molecule has 1 amide bonds. The number of hydrogen-bond donors (Lipinski definition) is 2. The normalized spacial score (nSPS) is 18.5. The Labute approximate surface area is 124 Å². The minimum Gasteiger partial charge on any atom is -0.340 e. The van der Waals surface area contributed by atoms with Crippen LogP contribution < -0.4 is 10.9 Å². The molecule has 1 fully saturated rings. The first-order valence-electron chi connectivity index (χ1n) is 6.74. The Bertz CT molecular complexity index is 583. The Balaban J connectivity index is 1.88. The molecular formula is C13H20N4O3S. The summed E-state index contributed by atoms with van der Waals surface area (Å²) in [5.74, 6) is -0.0691. The third kappa shape index (κ3) is 4.24. The third-order valence-corrected chi connectivity index (χ3v) is 4.66. The molecule has 8 heteroatoms. The van der Waals surface area contributed by atoms with Crippen molar-refractivity contribution in [2.75, 3.05) is 26.2 Å². The topological polar surface area (TPSA) is 110 Å². The fourth-order valence-corrected chi connectivity index (χ4v) is 3.00. The summed E-state index contributed by atoms with van der Waals surface area (Å²) in [5.41, 5.74) is 6.94. The number of nitrogens with zero attached hydrogens (tertiary/aromatic N) is 2. The highest BCUT2D eigenvalue weighted by Gasteiger charge is 2.27. The number of hydrogen-bond acceptors (Lipinski definition) is 4. The van der Waals surface area contributed by atoms with Crippen LogP contribution in [-0.4, -0.2) is 49.7 Å². The molecule has 116 valence electrons. The Morgan fingerprint density at radius 2 is 1.71 bits per heavy atom. The molecule has 1 atom stereocenters. The first-order chi connectivity index (χ1) is 9.88. The van der Waals surface area contributed by atoms with E-state index in [4.69, 9.17) is 10.9 Å². The van der Waals surface area contributed by atoms with Crippen LogP contribution in [0.4, 0.5) is 0 Å². The number of benzene rings is 1. The number of amides is 1. The Morgan fingerprint density at radius 3 is 2.24 bits per heavy atom. The van der Waals surface area contributed by atoms with Gasteiger partial charge in [0.15, 0.2) is 0 Å². The van der Waals surface area contributed by atoms with Gasteiger partial charge in [-0.05, 0) is 5.56 Å². The van der Waals surface area contributed by atoms with E-state index in [-0.39, 0.29) is 31.5 Å². The minimum atomic E-state index is -3.67. The van der Waals surface area contributed by atoms with Gasteiger partial charge in [0.1, 0.15) is 0 Å². The third-order valence-electron chi connectivity index (χ3n) is 3.57. The predicted molar refractivity (Wildman–Crippen MR) is 79.2 cm³/mol. The molecule has 1 unspecified atom stereocenters. The van der Waals surface area contributed by atoms with Gasteiger partial charge in [-0.1, -0.05) is 30.3 Å². The van der Waals surface area contributed by atoms with E-state index >= 15 is 0 Å². The molecular weight excluding hydrogens is 292 g/mol. The van der Waals surface area contributed by atoms with Crippen molar-refractivity contribution >= 4 is 16.1 Å². The van der Waals surface area contributed by atoms with Gasteiger partial charge in [-0.15, -0.1) is 0 Å². The van der Waals surface area contributed by atoms with Crippen LogP contribution in [-0.2, 0) is 15.0 Å². The number of piperazine rings is 1. The van der Waals surface area contributed by atoms with E-state index in [2.05, 4.69) is 0 Å². The van der Waals surface area contributed by atoms with E-state index in [0.29, 0.717) is 13.1 Å². The summed E-state index contributed by atoms with van der Waals surface area (Å²) in [4.78, 5) is 13.8. The molecule has 1 aromatic carbocycles. The van der Waals surface area contributed by atoms with E-state index in [1.165, 1.54) is 4.31 Å². The van der Waals surface area contributed by atoms with Crippen LogP contribution in [0.2, 0.25) is 0 Å². The van der Waals surface area contributed by atoms with Crippen LogP contribution in [0.1, 0.15) is 18.0 Å². The fraction of sp³-hybridized carbons (Fsp3) is 0.462. The molecule has 0 saturated carbocycles. The molecule has 21 heavy (non-hydrogen) atoms. The number of rotatable bonds is 4. The predicted octanol–water partition coefficient (Wildman–Crippen LogP) is -0.576. The molecule has 1 saturated heterocycles. The van der Waals surface area contributed by atoms with Crippen molar-refractivity contribution in [3.05, 3.63) is 35.9 Å². The Hall–Kier alpha value is -1.48. The van der Waals surface area contributed by atoms with Gasteiger partial charge in [0.05, 0.1) is 0 Å². The molecule has 2 rings (SSSR count). The van der Waals surface area contributed by atoms with Gasteiger partial charge in [0, 0.05) is 38.6 Å². The number of carbonyl (C=O) groups excluding carboxylic acids is 1. The summed E-state index contributed by atoms with van der Waals surface area (Å²) in [7, 11) is -3.67. The zero-order chi connectivity index (χ0) is 15.5. The van der Waals surface area contributed by atoms with Gasteiger partial charge in [0.2, 0.25) is 5.91 Å². The molecule has 1 aromatic rings. The summed E-state index contributed by atoms with van der Waals surface area (Å²) in [5, 5.41) is 5.06. The second-order valence-electron chi connectivity index (χ2n) is 5.05. The smallest absolute Gasteiger partial charge is 0.277 e. The largest absolute Gasteiger partial charge is 0.340 e. The quantitative estimate of drug-likeness (QED) is 0.775. The van der Waals surface area contributed by atoms with Crippen LogP contribution in [0.3, 0.4) is 0 Å². The van der Waals surface area contributed by atoms with Gasteiger partial charge in [-0.3, -0.25) is 4.79 Å². The van der Waals surface area contributed by atoms with Gasteiger partial charge in [-0.25, -0.2) is 5.14 Å². The summed E-state index contributed by atoms with van der Waals surface area (Å²) < 4.78 is 23.6. The molecule has 0 aromatic heterocycles. The molecule has 0 bridgehead atoms. The average Bonchev–Trinajstić information content (AvgIpc) is 2.47. The lowest BCUT2D eigenvalue weighted by atomic mass is 10.0. The van der Waals surface area contributed by atoms with Gasteiger partial charge >= 0.3 is 0 Å². The van der Waals surface area contributed by atoms with Crippen LogP contribution >= 0.6 is 0 Å². The first-order valence-corrected chi connectivity index (χ1v) is 8.24. The SMILES string of the molecule is NC(CC(=O)N1CCN(S(N)(=O)=O)CC1)c1ccccc1. The summed E-state index contributed by atoms with van der Waals surface area (Å²) in [6.07, 6.45) is 0.208. The molecule has 1 heterocycles. The maximum Gasteiger partial charge on any atom is 0.277 e. The monoisotopic (exact) mass is 312 g/mol. The van der Waals surface area contributed by atoms with Crippen LogP contribution in [0, 0.1) is 0 Å². The van der Waals surface area contributed by atoms with Crippen LogP contribution in [0.25, 0.3) is 0 Å². The molecule has 4 N–H and O–H groups in total. The maximum atomic E-state index is 12.2. The first kappa shape index (κ1) is 15.9. The standard InChI is InChI=1S/C13H20N4O3S/c14-12(11-4-2-1-3-5-11)10-13(18)16-6-8-17(9-7-16)21(15,19)20/h1-5,12H,6-10,14H2,(H2,15,19,20). The maximum absolute atomic E-state index is 12.2. The van der Waals surface area contributed by atoms with E-state index < -0.39 is 10.2 Å². The molecule has 1 aliphatic rings. The molecule has 7 nitrogen and oxygen atoms in total. The summed E-state index contributed by atoms with van der Waals surface area (Å²) in [6, 6.07) is 9.07. The number of carbonyl (C=O) groups is 1. The lowest BCUT2D eigenvalue weighted by molar-refractivity contribution is -0.132. The van der Waals surface area contributed by atoms with Crippen molar-refractivity contribution in [2.45, 2.75) is 12.5 Å². The van der Waals surface area contributed by atoms with E-state index in [1.807, 2.05) is 30.3 Å².